The van der Waals surface area contributed by atoms with Crippen molar-refractivity contribution in [2.24, 2.45) is 0 Å². The average molecular weight is 224 g/mol. The van der Waals surface area contributed by atoms with Crippen molar-refractivity contribution in [2.75, 3.05) is 24.2 Å². The van der Waals surface area contributed by atoms with Gasteiger partial charge in [-0.3, -0.25) is 4.98 Å². The van der Waals surface area contributed by atoms with E-state index in [1.54, 1.807) is 6.20 Å². The van der Waals surface area contributed by atoms with Crippen LogP contribution in [0.3, 0.4) is 0 Å². The molecule has 0 aliphatic heterocycles. The van der Waals surface area contributed by atoms with Gasteiger partial charge < -0.3 is 15.8 Å². The van der Waals surface area contributed by atoms with Gasteiger partial charge in [-0.15, -0.1) is 0 Å². The third-order valence-electron chi connectivity index (χ3n) is 1.98. The third kappa shape index (κ3) is 5.50. The highest BCUT2D eigenvalue weighted by Gasteiger charge is 1.96. The summed E-state index contributed by atoms with van der Waals surface area (Å²) in [5.41, 5.74) is 5.51. The Balaban J connectivity index is 2.07. The minimum Gasteiger partial charge on any atom is -0.382 e. The van der Waals surface area contributed by atoms with Crippen molar-refractivity contribution in [3.8, 4) is 0 Å². The summed E-state index contributed by atoms with van der Waals surface area (Å²) < 4.78 is 5.44. The van der Waals surface area contributed by atoms with Gasteiger partial charge in [0.15, 0.2) is 0 Å². The SMILES string of the molecule is CC(C)OCCCCNc1cncc(N)n1. The van der Waals surface area contributed by atoms with E-state index < -0.39 is 0 Å². The molecule has 1 heterocycles. The van der Waals surface area contributed by atoms with Crippen LogP contribution in [0.1, 0.15) is 26.7 Å². The van der Waals surface area contributed by atoms with Gasteiger partial charge >= 0.3 is 0 Å². The van der Waals surface area contributed by atoms with Gasteiger partial charge in [-0.2, -0.15) is 0 Å². The Morgan fingerprint density at radius 3 is 2.88 bits per heavy atom. The second kappa shape index (κ2) is 7.00. The number of nitrogens with one attached hydrogen (secondary N) is 1. The van der Waals surface area contributed by atoms with Crippen LogP contribution >= 0.6 is 0 Å². The molecule has 0 aliphatic carbocycles. The van der Waals surface area contributed by atoms with Crippen molar-refractivity contribution in [2.45, 2.75) is 32.8 Å². The molecular formula is C11H20N4O. The molecule has 0 saturated carbocycles. The van der Waals surface area contributed by atoms with E-state index in [9.17, 15) is 0 Å². The molecular weight excluding hydrogens is 204 g/mol. The molecule has 16 heavy (non-hydrogen) atoms. The van der Waals surface area contributed by atoms with Gasteiger partial charge in [-0.1, -0.05) is 0 Å². The average Bonchev–Trinajstić information content (AvgIpc) is 2.23. The second-order valence-electron chi connectivity index (χ2n) is 3.88. The van der Waals surface area contributed by atoms with Crippen LogP contribution in [0, 0.1) is 0 Å². The molecule has 0 aliphatic rings. The third-order valence-corrected chi connectivity index (χ3v) is 1.98. The first kappa shape index (κ1) is 12.7. The lowest BCUT2D eigenvalue weighted by Gasteiger charge is -2.08. The zero-order valence-corrected chi connectivity index (χ0v) is 9.94. The number of unbranched alkanes of at least 4 members (excludes halogenated alkanes) is 1. The fourth-order valence-electron chi connectivity index (χ4n) is 1.23. The topological polar surface area (TPSA) is 73.1 Å². The van der Waals surface area contributed by atoms with Crippen molar-refractivity contribution in [3.05, 3.63) is 12.4 Å². The normalized spacial score (nSPS) is 10.7. The number of anilines is 2. The lowest BCUT2D eigenvalue weighted by Crippen LogP contribution is -2.08. The molecule has 1 rings (SSSR count). The molecule has 5 nitrogen and oxygen atoms in total. The second-order valence-corrected chi connectivity index (χ2v) is 3.88. The van der Waals surface area contributed by atoms with Crippen LogP contribution in [0.5, 0.6) is 0 Å². The van der Waals surface area contributed by atoms with E-state index in [-0.39, 0.29) is 0 Å². The molecule has 90 valence electrons. The van der Waals surface area contributed by atoms with Gasteiger partial charge in [0, 0.05) is 13.2 Å². The molecule has 0 aromatic carbocycles. The number of nitrogen functional groups attached to an aromatic ring is 1. The largest absolute Gasteiger partial charge is 0.382 e. The van der Waals surface area contributed by atoms with Gasteiger partial charge in [-0.25, -0.2) is 4.98 Å². The number of nitrogens with zero attached hydrogens (tertiary/aromatic N) is 2. The maximum absolute atomic E-state index is 5.51. The zero-order valence-electron chi connectivity index (χ0n) is 9.94. The van der Waals surface area contributed by atoms with E-state index in [0.717, 1.165) is 31.8 Å². The first-order valence-corrected chi connectivity index (χ1v) is 5.61. The summed E-state index contributed by atoms with van der Waals surface area (Å²) in [5, 5.41) is 3.16. The minimum absolute atomic E-state index is 0.313. The monoisotopic (exact) mass is 224 g/mol. The summed E-state index contributed by atoms with van der Waals surface area (Å²) in [6.45, 7) is 5.75. The van der Waals surface area contributed by atoms with Crippen molar-refractivity contribution >= 4 is 11.6 Å². The first-order valence-electron chi connectivity index (χ1n) is 5.61. The first-order chi connectivity index (χ1) is 7.68. The highest BCUT2D eigenvalue weighted by Crippen LogP contribution is 2.03. The van der Waals surface area contributed by atoms with Crippen molar-refractivity contribution in [3.63, 3.8) is 0 Å². The van der Waals surface area contributed by atoms with Gasteiger partial charge in [0.05, 0.1) is 18.5 Å². The van der Waals surface area contributed by atoms with Gasteiger partial charge in [0.1, 0.15) is 11.6 Å². The zero-order chi connectivity index (χ0) is 11.8. The fraction of sp³-hybridized carbons (Fsp3) is 0.636. The van der Waals surface area contributed by atoms with Crippen LogP contribution < -0.4 is 11.1 Å². The molecule has 0 unspecified atom stereocenters. The smallest absolute Gasteiger partial charge is 0.146 e. The Bertz CT molecular complexity index is 304. The van der Waals surface area contributed by atoms with E-state index in [1.807, 2.05) is 13.8 Å². The number of rotatable bonds is 7. The molecule has 0 saturated heterocycles. The Labute approximate surface area is 96.4 Å². The lowest BCUT2D eigenvalue weighted by atomic mass is 10.3. The maximum Gasteiger partial charge on any atom is 0.146 e. The van der Waals surface area contributed by atoms with Crippen LogP contribution in [0.4, 0.5) is 11.6 Å². The Hall–Kier alpha value is -1.36. The van der Waals surface area contributed by atoms with Crippen LogP contribution in [0.15, 0.2) is 12.4 Å². The summed E-state index contributed by atoms with van der Waals surface area (Å²) in [5.74, 6) is 1.16. The minimum atomic E-state index is 0.313. The predicted octanol–water partition coefficient (Wildman–Crippen LogP) is 1.68. The summed E-state index contributed by atoms with van der Waals surface area (Å²) in [6.07, 6.45) is 5.60. The molecule has 1 aromatic rings. The number of hydrogen-bond donors (Lipinski definition) is 2. The maximum atomic E-state index is 5.51. The van der Waals surface area contributed by atoms with Crippen molar-refractivity contribution in [1.29, 1.82) is 0 Å². The quantitative estimate of drug-likeness (QED) is 0.689. The molecule has 5 heteroatoms. The predicted molar refractivity (Wildman–Crippen MR) is 65.3 cm³/mol. The molecule has 0 atom stereocenters. The Morgan fingerprint density at radius 1 is 1.38 bits per heavy atom. The van der Waals surface area contributed by atoms with E-state index >= 15 is 0 Å². The number of aromatic nitrogens is 2. The van der Waals surface area contributed by atoms with Gasteiger partial charge in [-0.05, 0) is 26.7 Å². The molecule has 3 N–H and O–H groups in total. The summed E-state index contributed by atoms with van der Waals surface area (Å²) in [4.78, 5) is 8.04. The van der Waals surface area contributed by atoms with Crippen LogP contribution in [0.25, 0.3) is 0 Å². The van der Waals surface area contributed by atoms with Crippen LogP contribution in [-0.4, -0.2) is 29.2 Å². The van der Waals surface area contributed by atoms with Crippen molar-refractivity contribution < 1.29 is 4.74 Å². The van der Waals surface area contributed by atoms with Crippen molar-refractivity contribution in [1.82, 2.24) is 9.97 Å². The highest BCUT2D eigenvalue weighted by molar-refractivity contribution is 5.37. The van der Waals surface area contributed by atoms with Gasteiger partial charge in [0.25, 0.3) is 0 Å². The summed E-state index contributed by atoms with van der Waals surface area (Å²) in [7, 11) is 0. The molecule has 1 aromatic heterocycles. The summed E-state index contributed by atoms with van der Waals surface area (Å²) in [6, 6.07) is 0. The molecule has 0 radical (unpaired) electrons. The van der Waals surface area contributed by atoms with E-state index in [0.29, 0.717) is 11.9 Å². The Kier molecular flexibility index (Phi) is 5.56. The molecule has 0 bridgehead atoms. The van der Waals surface area contributed by atoms with Crippen LogP contribution in [0.2, 0.25) is 0 Å². The van der Waals surface area contributed by atoms with E-state index in [2.05, 4.69) is 15.3 Å². The molecule has 0 spiro atoms. The number of hydrogen-bond acceptors (Lipinski definition) is 5. The van der Waals surface area contributed by atoms with Gasteiger partial charge in [0.2, 0.25) is 0 Å². The van der Waals surface area contributed by atoms with Crippen LogP contribution in [-0.2, 0) is 4.74 Å². The van der Waals surface area contributed by atoms with E-state index in [4.69, 9.17) is 10.5 Å². The fourth-order valence-corrected chi connectivity index (χ4v) is 1.23. The number of ether oxygens (including phenoxy) is 1. The standard InChI is InChI=1S/C11H20N4O/c1-9(2)16-6-4-3-5-14-11-8-13-7-10(12)15-11/h7-9H,3-6H2,1-2H3,(H3,12,14,15). The number of nitrogens with two attached hydrogens (primary N) is 1. The molecule has 0 fully saturated rings. The Morgan fingerprint density at radius 2 is 2.19 bits per heavy atom. The highest BCUT2D eigenvalue weighted by atomic mass is 16.5. The van der Waals surface area contributed by atoms with E-state index in [1.165, 1.54) is 6.20 Å². The molecule has 0 amide bonds. The lowest BCUT2D eigenvalue weighted by molar-refractivity contribution is 0.0765. The summed E-state index contributed by atoms with van der Waals surface area (Å²) >= 11 is 0.